The normalized spacial score (nSPS) is 18.8. The molecule has 2 fully saturated rings. The fourth-order valence-electron chi connectivity index (χ4n) is 5.54. The second kappa shape index (κ2) is 11.7. The largest absolute Gasteiger partial charge is 0.497 e. The summed E-state index contributed by atoms with van der Waals surface area (Å²) < 4.78 is 6.51. The summed E-state index contributed by atoms with van der Waals surface area (Å²) in [5, 5.41) is 4.27. The van der Waals surface area contributed by atoms with Gasteiger partial charge in [0, 0.05) is 51.5 Å². The molecule has 2 aliphatic rings. The van der Waals surface area contributed by atoms with Crippen molar-refractivity contribution >= 4 is 38.3 Å². The van der Waals surface area contributed by atoms with E-state index in [0.29, 0.717) is 0 Å². The molecule has 2 saturated heterocycles. The highest BCUT2D eigenvalue weighted by Gasteiger charge is 2.27. The van der Waals surface area contributed by atoms with Crippen LogP contribution in [-0.4, -0.2) is 75.3 Å². The lowest BCUT2D eigenvalue weighted by Gasteiger charge is -2.36. The number of nitrogens with one attached hydrogen (secondary N) is 1. The predicted octanol–water partition coefficient (Wildman–Crippen LogP) is 4.47. The number of benzene rings is 2. The smallest absolute Gasteiger partial charge is 0.224 e. The van der Waals surface area contributed by atoms with Gasteiger partial charge >= 0.3 is 0 Å². The molecule has 0 bridgehead atoms. The summed E-state index contributed by atoms with van der Waals surface area (Å²) in [6.07, 6.45) is 2.98. The minimum atomic E-state index is 0.0386. The molecule has 3 aromatic rings. The van der Waals surface area contributed by atoms with Gasteiger partial charge in [-0.25, -0.2) is 4.98 Å². The first-order chi connectivity index (χ1) is 18.0. The molecule has 0 aliphatic carbocycles. The lowest BCUT2D eigenvalue weighted by Crippen LogP contribution is -2.47. The van der Waals surface area contributed by atoms with E-state index in [2.05, 4.69) is 58.1 Å². The number of thiazole rings is 1. The average Bonchev–Trinajstić information content (AvgIpc) is 3.36. The first kappa shape index (κ1) is 25.8. The van der Waals surface area contributed by atoms with Gasteiger partial charge in [-0.05, 0) is 81.1 Å². The van der Waals surface area contributed by atoms with E-state index in [1.54, 1.807) is 18.4 Å². The predicted molar refractivity (Wildman–Crippen MR) is 153 cm³/mol. The number of carbonyl (C=O) groups excluding carboxylic acids is 1. The molecule has 0 spiro atoms. The van der Waals surface area contributed by atoms with Crippen LogP contribution in [0.5, 0.6) is 5.75 Å². The number of methoxy groups -OCH3 is 1. The summed E-state index contributed by atoms with van der Waals surface area (Å²) in [4.78, 5) is 25.1. The first-order valence-corrected chi connectivity index (χ1v) is 14.3. The molecule has 0 saturated carbocycles. The van der Waals surface area contributed by atoms with E-state index in [4.69, 9.17) is 9.72 Å². The van der Waals surface area contributed by atoms with Crippen LogP contribution >= 0.6 is 11.3 Å². The van der Waals surface area contributed by atoms with Crippen molar-refractivity contribution in [3.05, 3.63) is 47.5 Å². The van der Waals surface area contributed by atoms with Gasteiger partial charge in [-0.1, -0.05) is 17.4 Å². The molecule has 1 atom stereocenters. The molecular weight excluding hydrogens is 482 g/mol. The zero-order valence-corrected chi connectivity index (χ0v) is 23.1. The van der Waals surface area contributed by atoms with Gasteiger partial charge in [0.15, 0.2) is 5.13 Å². The lowest BCUT2D eigenvalue weighted by molar-refractivity contribution is -0.125. The summed E-state index contributed by atoms with van der Waals surface area (Å²) in [5.41, 5.74) is 4.86. The number of piperidine rings is 1. The van der Waals surface area contributed by atoms with Gasteiger partial charge in [-0.3, -0.25) is 9.69 Å². The van der Waals surface area contributed by atoms with Crippen LogP contribution in [-0.2, 0) is 4.79 Å². The van der Waals surface area contributed by atoms with Crippen LogP contribution in [0.2, 0.25) is 0 Å². The van der Waals surface area contributed by atoms with Gasteiger partial charge in [-0.15, -0.1) is 0 Å². The molecule has 1 amide bonds. The summed E-state index contributed by atoms with van der Waals surface area (Å²) in [7, 11) is 1.70. The van der Waals surface area contributed by atoms with Crippen LogP contribution in [0.1, 0.15) is 30.4 Å². The van der Waals surface area contributed by atoms with Crippen molar-refractivity contribution in [2.24, 2.45) is 5.92 Å². The number of anilines is 2. The molecule has 1 N–H and O–H groups in total. The molecule has 198 valence electrons. The fourth-order valence-corrected chi connectivity index (χ4v) is 6.72. The molecule has 37 heavy (non-hydrogen) atoms. The zero-order valence-electron chi connectivity index (χ0n) is 22.3. The Labute approximate surface area is 224 Å². The monoisotopic (exact) mass is 521 g/mol. The maximum atomic E-state index is 13.0. The topological polar surface area (TPSA) is 60.9 Å². The molecular formula is C29H39N5O2S. The molecule has 1 aromatic heterocycles. The molecule has 5 rings (SSSR count). The zero-order chi connectivity index (χ0) is 25.8. The summed E-state index contributed by atoms with van der Waals surface area (Å²) >= 11 is 1.75. The number of hydrogen-bond acceptors (Lipinski definition) is 7. The molecule has 7 nitrogen and oxygen atoms in total. The Kier molecular flexibility index (Phi) is 8.15. The molecule has 3 heterocycles. The van der Waals surface area contributed by atoms with E-state index < -0.39 is 0 Å². The van der Waals surface area contributed by atoms with Gasteiger partial charge in [-0.2, -0.15) is 0 Å². The number of rotatable bonds is 8. The van der Waals surface area contributed by atoms with E-state index >= 15 is 0 Å². The second-order valence-electron chi connectivity index (χ2n) is 10.4. The van der Waals surface area contributed by atoms with Crippen LogP contribution in [0.25, 0.3) is 10.2 Å². The molecule has 2 aromatic carbocycles. The molecule has 8 heteroatoms. The number of piperazine rings is 1. The van der Waals surface area contributed by atoms with Crippen molar-refractivity contribution < 1.29 is 9.53 Å². The Morgan fingerprint density at radius 3 is 2.62 bits per heavy atom. The number of aryl methyl sites for hydroxylation is 2. The van der Waals surface area contributed by atoms with Crippen molar-refractivity contribution in [1.82, 2.24) is 15.2 Å². The van der Waals surface area contributed by atoms with Gasteiger partial charge in [0.25, 0.3) is 0 Å². The third-order valence-corrected chi connectivity index (χ3v) is 8.70. The van der Waals surface area contributed by atoms with E-state index in [9.17, 15) is 4.79 Å². The van der Waals surface area contributed by atoms with Crippen LogP contribution in [0.4, 0.5) is 10.8 Å². The van der Waals surface area contributed by atoms with Crippen molar-refractivity contribution in [2.75, 3.05) is 69.3 Å². The summed E-state index contributed by atoms with van der Waals surface area (Å²) in [6.45, 7) is 11.9. The quantitative estimate of drug-likeness (QED) is 0.442. The van der Waals surface area contributed by atoms with E-state index in [1.165, 1.54) is 21.5 Å². The summed E-state index contributed by atoms with van der Waals surface area (Å²) in [6, 6.07) is 12.7. The van der Waals surface area contributed by atoms with Gasteiger partial charge in [0.1, 0.15) is 5.75 Å². The molecule has 0 radical (unpaired) electrons. The molecule has 2 aliphatic heterocycles. The fraction of sp³-hybridized carbons (Fsp3) is 0.517. The number of hydrogen-bond donors (Lipinski definition) is 1. The number of fused-ring (bicyclic) bond motifs is 1. The lowest BCUT2D eigenvalue weighted by atomic mass is 9.97. The second-order valence-corrected chi connectivity index (χ2v) is 11.4. The third kappa shape index (κ3) is 6.18. The Bertz CT molecular complexity index is 1200. The van der Waals surface area contributed by atoms with E-state index in [0.717, 1.165) is 88.0 Å². The Morgan fingerprint density at radius 2 is 1.86 bits per heavy atom. The van der Waals surface area contributed by atoms with Gasteiger partial charge in [0.05, 0.1) is 23.2 Å². The van der Waals surface area contributed by atoms with Gasteiger partial charge in [0.2, 0.25) is 5.91 Å². The van der Waals surface area contributed by atoms with Crippen molar-refractivity contribution in [1.29, 1.82) is 0 Å². The maximum absolute atomic E-state index is 13.0. The van der Waals surface area contributed by atoms with Gasteiger partial charge < -0.3 is 19.9 Å². The minimum absolute atomic E-state index is 0.0386. The van der Waals surface area contributed by atoms with Crippen molar-refractivity contribution in [3.63, 3.8) is 0 Å². The summed E-state index contributed by atoms with van der Waals surface area (Å²) in [5.74, 6) is 1.13. The highest BCUT2D eigenvalue weighted by molar-refractivity contribution is 7.22. The van der Waals surface area contributed by atoms with E-state index in [1.807, 2.05) is 12.1 Å². The van der Waals surface area contributed by atoms with E-state index in [-0.39, 0.29) is 11.8 Å². The van der Waals surface area contributed by atoms with Crippen LogP contribution < -0.4 is 19.9 Å². The number of aromatic nitrogens is 1. The van der Waals surface area contributed by atoms with Crippen molar-refractivity contribution in [2.45, 2.75) is 33.1 Å². The SMILES string of the molecule is COc1ccc(N2CCN(CCCNC(=O)[C@@H]3CCCN(c4nc5c(C)cc(C)cc5s4)C3)CC2)cc1. The van der Waals surface area contributed by atoms with Crippen LogP contribution in [0.15, 0.2) is 36.4 Å². The van der Waals surface area contributed by atoms with Crippen LogP contribution in [0.3, 0.4) is 0 Å². The Hall–Kier alpha value is -2.84. The minimum Gasteiger partial charge on any atom is -0.497 e. The Morgan fingerprint density at radius 1 is 1.08 bits per heavy atom. The number of ether oxygens (including phenoxy) is 1. The standard InChI is InChI=1S/C29H39N5O2S/c1-21-18-22(2)27-26(19-21)37-29(31-27)34-13-4-6-23(20-34)28(35)30-11-5-12-32-14-16-33(17-15-32)24-7-9-25(36-3)10-8-24/h7-10,18-19,23H,4-6,11-17,20H2,1-3H3,(H,30,35)/t23-/m1/s1. The molecule has 0 unspecified atom stereocenters. The number of amides is 1. The highest BCUT2D eigenvalue weighted by Crippen LogP contribution is 2.33. The Balaban J connectivity index is 1.04. The maximum Gasteiger partial charge on any atom is 0.224 e. The van der Waals surface area contributed by atoms with Crippen molar-refractivity contribution in [3.8, 4) is 5.75 Å². The third-order valence-electron chi connectivity index (χ3n) is 7.64. The first-order valence-electron chi connectivity index (χ1n) is 13.5. The number of nitrogens with zero attached hydrogens (tertiary/aromatic N) is 4. The number of carbonyl (C=O) groups is 1. The highest BCUT2D eigenvalue weighted by atomic mass is 32.1. The van der Waals surface area contributed by atoms with Crippen LogP contribution in [0, 0.1) is 19.8 Å². The average molecular weight is 522 g/mol.